The predicted molar refractivity (Wildman–Crippen MR) is 108 cm³/mol. The van der Waals surface area contributed by atoms with Gasteiger partial charge in [0.2, 0.25) is 17.6 Å². The van der Waals surface area contributed by atoms with Crippen molar-refractivity contribution < 1.29 is 9.32 Å². The zero-order valence-corrected chi connectivity index (χ0v) is 16.2. The number of carbonyl (C=O) groups is 1. The lowest BCUT2D eigenvalue weighted by Gasteiger charge is -2.25. The minimum atomic E-state index is 0.151. The summed E-state index contributed by atoms with van der Waals surface area (Å²) in [6.45, 7) is 2.94. The van der Waals surface area contributed by atoms with E-state index in [1.165, 1.54) is 11.1 Å². The van der Waals surface area contributed by atoms with E-state index in [-0.39, 0.29) is 11.9 Å². The van der Waals surface area contributed by atoms with E-state index < -0.39 is 0 Å². The number of likely N-dealkylation sites (tertiary alicyclic amines) is 1. The van der Waals surface area contributed by atoms with Gasteiger partial charge in [-0.25, -0.2) is 0 Å². The second-order valence-electron chi connectivity index (χ2n) is 7.22. The highest BCUT2D eigenvalue weighted by atomic mass is 16.5. The van der Waals surface area contributed by atoms with Crippen molar-refractivity contribution in [3.63, 3.8) is 0 Å². The third kappa shape index (κ3) is 3.98. The van der Waals surface area contributed by atoms with Crippen LogP contribution in [0, 0.1) is 0 Å². The van der Waals surface area contributed by atoms with Crippen LogP contribution in [0.4, 0.5) is 0 Å². The molecular formula is C23H25N3O2. The molecule has 5 heteroatoms. The van der Waals surface area contributed by atoms with Crippen LogP contribution in [0.15, 0.2) is 59.1 Å². The van der Waals surface area contributed by atoms with Crippen molar-refractivity contribution in [1.29, 1.82) is 0 Å². The average molecular weight is 375 g/mol. The van der Waals surface area contributed by atoms with E-state index >= 15 is 0 Å². The summed E-state index contributed by atoms with van der Waals surface area (Å²) >= 11 is 0. The van der Waals surface area contributed by atoms with Crippen LogP contribution in [0.3, 0.4) is 0 Å². The van der Waals surface area contributed by atoms with Crippen LogP contribution >= 0.6 is 0 Å². The summed E-state index contributed by atoms with van der Waals surface area (Å²) in [5.41, 5.74) is 3.42. The molecule has 4 rings (SSSR count). The minimum absolute atomic E-state index is 0.151. The second kappa shape index (κ2) is 8.38. The molecule has 1 aliphatic heterocycles. The molecule has 2 aromatic carbocycles. The van der Waals surface area contributed by atoms with E-state index in [1.807, 2.05) is 35.2 Å². The molecule has 1 atom stereocenters. The van der Waals surface area contributed by atoms with Crippen molar-refractivity contribution in [2.75, 3.05) is 6.54 Å². The summed E-state index contributed by atoms with van der Waals surface area (Å²) in [6, 6.07) is 18.6. The number of aryl methyl sites for hydroxylation is 2. The molecule has 144 valence electrons. The molecule has 28 heavy (non-hydrogen) atoms. The number of amides is 1. The molecule has 0 bridgehead atoms. The van der Waals surface area contributed by atoms with Gasteiger partial charge in [0.15, 0.2) is 0 Å². The number of nitrogens with zero attached hydrogens (tertiary/aromatic N) is 3. The van der Waals surface area contributed by atoms with Gasteiger partial charge >= 0.3 is 0 Å². The zero-order chi connectivity index (χ0) is 19.3. The number of rotatable bonds is 6. The summed E-state index contributed by atoms with van der Waals surface area (Å²) in [6.07, 6.45) is 3.93. The number of benzene rings is 2. The van der Waals surface area contributed by atoms with Gasteiger partial charge in [0.25, 0.3) is 0 Å². The summed E-state index contributed by atoms with van der Waals surface area (Å²) in [5, 5.41) is 4.07. The van der Waals surface area contributed by atoms with Gasteiger partial charge in [-0.3, -0.25) is 4.79 Å². The van der Waals surface area contributed by atoms with Gasteiger partial charge in [0.1, 0.15) is 0 Å². The first kappa shape index (κ1) is 18.4. The highest BCUT2D eigenvalue weighted by Gasteiger charge is 2.29. The molecular weight excluding hydrogens is 350 g/mol. The predicted octanol–water partition coefficient (Wildman–Crippen LogP) is 4.60. The van der Waals surface area contributed by atoms with Gasteiger partial charge in [-0.2, -0.15) is 4.98 Å². The number of hydrogen-bond donors (Lipinski definition) is 0. The van der Waals surface area contributed by atoms with Gasteiger partial charge < -0.3 is 9.42 Å². The smallest absolute Gasteiger partial charge is 0.227 e. The van der Waals surface area contributed by atoms with Crippen molar-refractivity contribution >= 4 is 5.91 Å². The maximum atomic E-state index is 12.8. The fourth-order valence-corrected chi connectivity index (χ4v) is 3.81. The van der Waals surface area contributed by atoms with Gasteiger partial charge in [-0.1, -0.05) is 66.7 Å². The van der Waals surface area contributed by atoms with Crippen LogP contribution in [-0.4, -0.2) is 27.5 Å². The lowest BCUT2D eigenvalue weighted by atomic mass is 10.0. The summed E-state index contributed by atoms with van der Waals surface area (Å²) < 4.78 is 5.37. The Labute approximate surface area is 165 Å². The largest absolute Gasteiger partial charge is 0.339 e. The van der Waals surface area contributed by atoms with E-state index in [9.17, 15) is 4.79 Å². The quantitative estimate of drug-likeness (QED) is 0.632. The minimum Gasteiger partial charge on any atom is -0.339 e. The average Bonchev–Trinajstić information content (AvgIpc) is 3.43. The molecule has 1 amide bonds. The third-order valence-electron chi connectivity index (χ3n) is 5.40. The Kier molecular flexibility index (Phi) is 5.51. The fraction of sp³-hybridized carbons (Fsp3) is 0.348. The van der Waals surface area contributed by atoms with Gasteiger partial charge in [0.05, 0.1) is 6.04 Å². The topological polar surface area (TPSA) is 59.2 Å². The van der Waals surface area contributed by atoms with E-state index in [1.54, 1.807) is 0 Å². The van der Waals surface area contributed by atoms with Crippen LogP contribution in [0.2, 0.25) is 0 Å². The molecule has 0 unspecified atom stereocenters. The van der Waals surface area contributed by atoms with Crippen molar-refractivity contribution in [1.82, 2.24) is 15.0 Å². The summed E-state index contributed by atoms with van der Waals surface area (Å²) in [4.78, 5) is 19.2. The third-order valence-corrected chi connectivity index (χ3v) is 5.40. The zero-order valence-electron chi connectivity index (χ0n) is 16.2. The Morgan fingerprint density at radius 2 is 1.93 bits per heavy atom. The molecule has 3 aromatic rings. The summed E-state index contributed by atoms with van der Waals surface area (Å²) in [7, 11) is 0. The molecule has 0 N–H and O–H groups in total. The molecule has 0 radical (unpaired) electrons. The molecule has 1 saturated heterocycles. The van der Waals surface area contributed by atoms with Crippen LogP contribution in [-0.2, 0) is 17.6 Å². The van der Waals surface area contributed by atoms with E-state index in [0.29, 0.717) is 24.6 Å². The lowest BCUT2D eigenvalue weighted by Crippen LogP contribution is -2.30. The first-order chi connectivity index (χ1) is 13.7. The molecule has 5 nitrogen and oxygen atoms in total. The molecule has 1 aromatic heterocycles. The van der Waals surface area contributed by atoms with E-state index in [0.717, 1.165) is 31.4 Å². The molecule has 1 fully saturated rings. The van der Waals surface area contributed by atoms with Crippen molar-refractivity contribution in [3.8, 4) is 11.4 Å². The molecule has 2 heterocycles. The summed E-state index contributed by atoms with van der Waals surface area (Å²) in [5.74, 6) is 1.24. The van der Waals surface area contributed by atoms with Crippen molar-refractivity contribution in [2.24, 2.45) is 0 Å². The van der Waals surface area contributed by atoms with Gasteiger partial charge in [-0.05, 0) is 30.4 Å². The molecule has 0 aliphatic carbocycles. The highest BCUT2D eigenvalue weighted by Crippen LogP contribution is 2.32. The normalized spacial score (nSPS) is 16.5. The highest BCUT2D eigenvalue weighted by molar-refractivity contribution is 5.77. The standard InChI is InChI=1S/C23H25N3O2/c1-2-17-10-12-19(13-11-17)23-24-21(28-25-23)14-15-22(27)26-16-6-9-20(26)18-7-4-3-5-8-18/h3-5,7-8,10-13,20H,2,6,9,14-16H2,1H3/t20-/m1/s1. The number of carbonyl (C=O) groups excluding carboxylic acids is 1. The van der Waals surface area contributed by atoms with Crippen LogP contribution in [0.5, 0.6) is 0 Å². The van der Waals surface area contributed by atoms with E-state index in [2.05, 4.69) is 41.3 Å². The monoisotopic (exact) mass is 375 g/mol. The Morgan fingerprint density at radius 1 is 1.14 bits per heavy atom. The van der Waals surface area contributed by atoms with Crippen LogP contribution in [0.25, 0.3) is 11.4 Å². The van der Waals surface area contributed by atoms with Crippen LogP contribution in [0.1, 0.15) is 49.2 Å². The molecule has 0 spiro atoms. The Bertz CT molecular complexity index is 919. The SMILES string of the molecule is CCc1ccc(-c2noc(CCC(=O)N3CCC[C@@H]3c3ccccc3)n2)cc1. The Morgan fingerprint density at radius 3 is 2.68 bits per heavy atom. The Hall–Kier alpha value is -2.95. The number of aromatic nitrogens is 2. The maximum absolute atomic E-state index is 12.8. The fourth-order valence-electron chi connectivity index (χ4n) is 3.81. The lowest BCUT2D eigenvalue weighted by molar-refractivity contribution is -0.132. The molecule has 0 saturated carbocycles. The van der Waals surface area contributed by atoms with E-state index in [4.69, 9.17) is 4.52 Å². The number of hydrogen-bond acceptors (Lipinski definition) is 4. The Balaban J connectivity index is 1.38. The van der Waals surface area contributed by atoms with Gasteiger partial charge in [-0.15, -0.1) is 0 Å². The molecule has 1 aliphatic rings. The van der Waals surface area contributed by atoms with Crippen molar-refractivity contribution in [2.45, 2.75) is 45.1 Å². The van der Waals surface area contributed by atoms with Crippen molar-refractivity contribution in [3.05, 3.63) is 71.6 Å². The van der Waals surface area contributed by atoms with Crippen LogP contribution < -0.4 is 0 Å². The maximum Gasteiger partial charge on any atom is 0.227 e. The first-order valence-electron chi connectivity index (χ1n) is 10.0. The first-order valence-corrected chi connectivity index (χ1v) is 10.0. The van der Waals surface area contributed by atoms with Gasteiger partial charge in [0, 0.05) is 24.9 Å². The second-order valence-corrected chi connectivity index (χ2v) is 7.22.